The summed E-state index contributed by atoms with van der Waals surface area (Å²) >= 11 is 0. The van der Waals surface area contributed by atoms with Crippen LogP contribution in [0.3, 0.4) is 0 Å². The summed E-state index contributed by atoms with van der Waals surface area (Å²) in [5.41, 5.74) is 0. The fourth-order valence-electron chi connectivity index (χ4n) is 9.63. The maximum atomic E-state index is 12.8. The van der Waals surface area contributed by atoms with Crippen LogP contribution in [-0.4, -0.2) is 37.2 Å². The quantitative estimate of drug-likeness (QED) is 0.0343. The van der Waals surface area contributed by atoms with Gasteiger partial charge in [0.05, 0.1) is 0 Å². The number of carbonyl (C=O) groups excluding carboxylic acids is 3. The minimum absolute atomic E-state index is 0.0614. The van der Waals surface area contributed by atoms with Gasteiger partial charge >= 0.3 is 17.9 Å². The SMILES string of the molecule is CCCCCCCCCCCCCCCCCCCCCC(=O)OC[C@H](COC(=O)CCCCCCCCCCCCCCCCCCC(C)C)OC(=O)CCCCCCCCCCCCCC. The van der Waals surface area contributed by atoms with E-state index in [4.69, 9.17) is 14.2 Å². The van der Waals surface area contributed by atoms with Crippen molar-refractivity contribution in [1.82, 2.24) is 0 Å². The van der Waals surface area contributed by atoms with Crippen molar-refractivity contribution < 1.29 is 28.6 Å². The van der Waals surface area contributed by atoms with Crippen molar-refractivity contribution in [2.24, 2.45) is 5.92 Å². The zero-order chi connectivity index (χ0) is 49.5. The molecule has 68 heavy (non-hydrogen) atoms. The topological polar surface area (TPSA) is 78.9 Å². The van der Waals surface area contributed by atoms with Crippen LogP contribution in [0.5, 0.6) is 0 Å². The van der Waals surface area contributed by atoms with Crippen molar-refractivity contribution in [3.05, 3.63) is 0 Å². The Morgan fingerprint density at radius 2 is 0.485 bits per heavy atom. The molecule has 0 unspecified atom stereocenters. The summed E-state index contributed by atoms with van der Waals surface area (Å²) in [5.74, 6) is 0.0218. The van der Waals surface area contributed by atoms with E-state index in [1.54, 1.807) is 0 Å². The lowest BCUT2D eigenvalue weighted by molar-refractivity contribution is -0.167. The number of rotatable bonds is 57. The summed E-state index contributed by atoms with van der Waals surface area (Å²) < 4.78 is 16.9. The van der Waals surface area contributed by atoms with Gasteiger partial charge in [-0.15, -0.1) is 0 Å². The maximum absolute atomic E-state index is 12.8. The lowest BCUT2D eigenvalue weighted by Crippen LogP contribution is -2.30. The van der Waals surface area contributed by atoms with Gasteiger partial charge in [-0.1, -0.05) is 317 Å². The number of hydrogen-bond donors (Lipinski definition) is 0. The molecule has 0 aromatic heterocycles. The fraction of sp³-hybridized carbons (Fsp3) is 0.952. The second kappa shape index (κ2) is 56.3. The smallest absolute Gasteiger partial charge is 0.306 e. The highest BCUT2D eigenvalue weighted by Crippen LogP contribution is 2.18. The molecule has 1 atom stereocenters. The summed E-state index contributed by atoms with van der Waals surface area (Å²) in [5, 5.41) is 0. The summed E-state index contributed by atoms with van der Waals surface area (Å²) in [6, 6.07) is 0. The highest BCUT2D eigenvalue weighted by Gasteiger charge is 2.19. The Morgan fingerprint density at radius 3 is 0.721 bits per heavy atom. The average molecular weight is 962 g/mol. The second-order valence-electron chi connectivity index (χ2n) is 21.8. The Labute approximate surface area is 425 Å². The van der Waals surface area contributed by atoms with E-state index in [9.17, 15) is 14.4 Å². The fourth-order valence-corrected chi connectivity index (χ4v) is 9.63. The molecule has 0 saturated carbocycles. The van der Waals surface area contributed by atoms with Crippen LogP contribution in [0.25, 0.3) is 0 Å². The first-order chi connectivity index (χ1) is 33.4. The van der Waals surface area contributed by atoms with Crippen LogP contribution in [0.1, 0.15) is 355 Å². The maximum Gasteiger partial charge on any atom is 0.306 e. The molecule has 0 spiro atoms. The standard InChI is InChI=1S/C62H120O6/c1-5-7-9-11-13-15-17-19-20-21-22-23-27-30-34-37-41-45-49-53-60(63)66-56-59(68-62(65)55-51-47-43-39-33-18-16-14-12-10-8-6-2)57-67-61(64)54-50-46-42-38-35-31-28-25-24-26-29-32-36-40-44-48-52-58(3)4/h58-59H,5-57H2,1-4H3/t59-/m1/s1. The van der Waals surface area contributed by atoms with E-state index in [1.807, 2.05) is 0 Å². The third-order valence-corrected chi connectivity index (χ3v) is 14.3. The third kappa shape index (κ3) is 55.3. The molecule has 0 heterocycles. The Kier molecular flexibility index (Phi) is 55.0. The van der Waals surface area contributed by atoms with Gasteiger partial charge in [-0.2, -0.15) is 0 Å². The van der Waals surface area contributed by atoms with Crippen molar-refractivity contribution in [1.29, 1.82) is 0 Å². The Balaban J connectivity index is 4.22. The highest BCUT2D eigenvalue weighted by atomic mass is 16.6. The van der Waals surface area contributed by atoms with Crippen molar-refractivity contribution in [3.8, 4) is 0 Å². The number of esters is 3. The van der Waals surface area contributed by atoms with Gasteiger partial charge < -0.3 is 14.2 Å². The normalized spacial score (nSPS) is 12.0. The molecular formula is C62H120O6. The zero-order valence-corrected chi connectivity index (χ0v) is 46.6. The molecule has 0 aliphatic heterocycles. The summed E-state index contributed by atoms with van der Waals surface area (Å²) in [7, 11) is 0. The molecule has 0 N–H and O–H groups in total. The molecule has 6 nitrogen and oxygen atoms in total. The molecule has 0 fully saturated rings. The molecule has 0 aromatic rings. The van der Waals surface area contributed by atoms with Gasteiger partial charge in [-0.05, 0) is 25.2 Å². The number of carbonyl (C=O) groups is 3. The molecule has 0 radical (unpaired) electrons. The highest BCUT2D eigenvalue weighted by molar-refractivity contribution is 5.71. The van der Waals surface area contributed by atoms with Gasteiger partial charge in [-0.25, -0.2) is 0 Å². The zero-order valence-electron chi connectivity index (χ0n) is 46.6. The second-order valence-corrected chi connectivity index (χ2v) is 21.8. The van der Waals surface area contributed by atoms with Crippen molar-refractivity contribution >= 4 is 17.9 Å². The first-order valence-corrected chi connectivity index (χ1v) is 30.9. The van der Waals surface area contributed by atoms with E-state index in [2.05, 4.69) is 27.7 Å². The van der Waals surface area contributed by atoms with Crippen molar-refractivity contribution in [2.45, 2.75) is 361 Å². The molecule has 0 rings (SSSR count). The third-order valence-electron chi connectivity index (χ3n) is 14.3. The van der Waals surface area contributed by atoms with Crippen LogP contribution in [0.4, 0.5) is 0 Å². The average Bonchev–Trinajstić information content (AvgIpc) is 3.32. The predicted molar refractivity (Wildman–Crippen MR) is 293 cm³/mol. The Bertz CT molecular complexity index is 1030. The molecule has 0 bridgehead atoms. The van der Waals surface area contributed by atoms with Gasteiger partial charge in [0.1, 0.15) is 13.2 Å². The lowest BCUT2D eigenvalue weighted by atomic mass is 10.0. The van der Waals surface area contributed by atoms with Crippen LogP contribution in [0.2, 0.25) is 0 Å². The predicted octanol–water partition coefficient (Wildman–Crippen LogP) is 20.6. The lowest BCUT2D eigenvalue weighted by Gasteiger charge is -2.18. The van der Waals surface area contributed by atoms with Gasteiger partial charge in [0.15, 0.2) is 6.10 Å². The van der Waals surface area contributed by atoms with Crippen molar-refractivity contribution in [3.63, 3.8) is 0 Å². The molecule has 404 valence electrons. The molecule has 0 aliphatic rings. The first kappa shape index (κ1) is 66.4. The minimum Gasteiger partial charge on any atom is -0.462 e. The Hall–Kier alpha value is -1.59. The van der Waals surface area contributed by atoms with Crippen molar-refractivity contribution in [2.75, 3.05) is 13.2 Å². The molecule has 6 heteroatoms. The van der Waals surface area contributed by atoms with Crippen LogP contribution in [0.15, 0.2) is 0 Å². The largest absolute Gasteiger partial charge is 0.462 e. The minimum atomic E-state index is -0.762. The Morgan fingerprint density at radius 1 is 0.279 bits per heavy atom. The van der Waals surface area contributed by atoms with Gasteiger partial charge in [-0.3, -0.25) is 14.4 Å². The van der Waals surface area contributed by atoms with E-state index in [1.165, 1.54) is 250 Å². The van der Waals surface area contributed by atoms with Crippen LogP contribution < -0.4 is 0 Å². The molecule has 0 amide bonds. The summed E-state index contributed by atoms with van der Waals surface area (Å²) in [6.07, 6.45) is 62.4. The summed E-state index contributed by atoms with van der Waals surface area (Å²) in [6.45, 7) is 9.08. The number of unbranched alkanes of at least 4 members (excludes halogenated alkanes) is 44. The number of ether oxygens (including phenoxy) is 3. The van der Waals surface area contributed by atoms with E-state index in [0.717, 1.165) is 63.7 Å². The van der Waals surface area contributed by atoms with E-state index in [0.29, 0.717) is 19.3 Å². The van der Waals surface area contributed by atoms with Gasteiger partial charge in [0.2, 0.25) is 0 Å². The van der Waals surface area contributed by atoms with Crippen LogP contribution in [-0.2, 0) is 28.6 Å². The first-order valence-electron chi connectivity index (χ1n) is 30.9. The molecule has 0 aromatic carbocycles. The van der Waals surface area contributed by atoms with Crippen LogP contribution >= 0.6 is 0 Å². The van der Waals surface area contributed by atoms with Crippen LogP contribution in [0, 0.1) is 5.92 Å². The summed E-state index contributed by atoms with van der Waals surface area (Å²) in [4.78, 5) is 38.2. The van der Waals surface area contributed by atoms with Gasteiger partial charge in [0.25, 0.3) is 0 Å². The van der Waals surface area contributed by atoms with E-state index in [-0.39, 0.29) is 31.1 Å². The van der Waals surface area contributed by atoms with Gasteiger partial charge in [0, 0.05) is 19.3 Å². The molecule has 0 saturated heterocycles. The molecule has 0 aliphatic carbocycles. The van der Waals surface area contributed by atoms with E-state index >= 15 is 0 Å². The van der Waals surface area contributed by atoms with E-state index < -0.39 is 6.10 Å². The number of hydrogen-bond acceptors (Lipinski definition) is 6. The monoisotopic (exact) mass is 961 g/mol. The molecular weight excluding hydrogens is 841 g/mol.